The molecule has 0 aliphatic rings. The number of halogens is 1. The molecule has 20 heavy (non-hydrogen) atoms. The van der Waals surface area contributed by atoms with Crippen LogP contribution in [0, 0.1) is 6.92 Å². The normalized spacial score (nSPS) is 11.8. The molecule has 0 fully saturated rings. The molecule has 1 aromatic heterocycles. The van der Waals surface area contributed by atoms with Crippen molar-refractivity contribution < 1.29 is 4.42 Å². The Kier molecular flexibility index (Phi) is 4.66. The molecule has 0 saturated heterocycles. The van der Waals surface area contributed by atoms with E-state index in [0.29, 0.717) is 0 Å². The number of oxazole rings is 1. The SMILES string of the molecule is Cc1ccc(-c2cnc(CCNC(C)(C)C)o2)cc1Br. The zero-order chi connectivity index (χ0) is 14.8. The van der Waals surface area contributed by atoms with E-state index < -0.39 is 0 Å². The largest absolute Gasteiger partial charge is 0.441 e. The van der Waals surface area contributed by atoms with E-state index in [1.807, 2.05) is 0 Å². The molecule has 1 N–H and O–H groups in total. The minimum absolute atomic E-state index is 0.122. The van der Waals surface area contributed by atoms with Gasteiger partial charge in [0.1, 0.15) is 0 Å². The van der Waals surface area contributed by atoms with Gasteiger partial charge in [0.05, 0.1) is 6.20 Å². The van der Waals surface area contributed by atoms with Crippen molar-refractivity contribution in [2.24, 2.45) is 0 Å². The molecule has 2 rings (SSSR count). The lowest BCUT2D eigenvalue weighted by molar-refractivity contribution is 0.412. The van der Waals surface area contributed by atoms with Crippen molar-refractivity contribution in [2.45, 2.75) is 39.7 Å². The average molecular weight is 337 g/mol. The summed E-state index contributed by atoms with van der Waals surface area (Å²) in [6.45, 7) is 9.38. The van der Waals surface area contributed by atoms with Crippen molar-refractivity contribution in [1.82, 2.24) is 10.3 Å². The summed E-state index contributed by atoms with van der Waals surface area (Å²) in [7, 11) is 0. The molecule has 0 amide bonds. The third kappa shape index (κ3) is 4.18. The molecule has 1 aromatic carbocycles. The maximum absolute atomic E-state index is 5.81. The minimum atomic E-state index is 0.122. The molecule has 2 aromatic rings. The number of aryl methyl sites for hydroxylation is 1. The van der Waals surface area contributed by atoms with Crippen molar-refractivity contribution in [3.05, 3.63) is 40.3 Å². The summed E-state index contributed by atoms with van der Waals surface area (Å²) in [6, 6.07) is 6.19. The highest BCUT2D eigenvalue weighted by Gasteiger charge is 2.11. The van der Waals surface area contributed by atoms with Crippen LogP contribution in [0.25, 0.3) is 11.3 Å². The Morgan fingerprint density at radius 1 is 1.30 bits per heavy atom. The second-order valence-corrected chi connectivity index (χ2v) is 6.86. The van der Waals surface area contributed by atoms with E-state index in [0.717, 1.165) is 34.7 Å². The first-order valence-electron chi connectivity index (χ1n) is 6.81. The van der Waals surface area contributed by atoms with Crippen LogP contribution in [-0.2, 0) is 6.42 Å². The second kappa shape index (κ2) is 6.10. The topological polar surface area (TPSA) is 38.1 Å². The molecule has 0 atom stereocenters. The predicted molar refractivity (Wildman–Crippen MR) is 85.8 cm³/mol. The van der Waals surface area contributed by atoms with Gasteiger partial charge in [-0.2, -0.15) is 0 Å². The molecular formula is C16H21BrN2O. The summed E-state index contributed by atoms with van der Waals surface area (Å²) in [5.74, 6) is 1.59. The lowest BCUT2D eigenvalue weighted by atomic mass is 10.1. The third-order valence-electron chi connectivity index (χ3n) is 3.00. The maximum Gasteiger partial charge on any atom is 0.196 e. The van der Waals surface area contributed by atoms with Crippen molar-refractivity contribution >= 4 is 15.9 Å². The van der Waals surface area contributed by atoms with Gasteiger partial charge in [-0.1, -0.05) is 28.1 Å². The molecule has 108 valence electrons. The van der Waals surface area contributed by atoms with Gasteiger partial charge in [0.25, 0.3) is 0 Å². The first-order valence-corrected chi connectivity index (χ1v) is 7.61. The Hall–Kier alpha value is -1.13. The van der Waals surface area contributed by atoms with E-state index in [2.05, 4.69) is 72.1 Å². The molecule has 0 saturated carbocycles. The Morgan fingerprint density at radius 3 is 2.70 bits per heavy atom. The van der Waals surface area contributed by atoms with Crippen LogP contribution < -0.4 is 5.32 Å². The summed E-state index contributed by atoms with van der Waals surface area (Å²) < 4.78 is 6.89. The number of aromatic nitrogens is 1. The summed E-state index contributed by atoms with van der Waals surface area (Å²) in [5.41, 5.74) is 2.38. The fourth-order valence-electron chi connectivity index (χ4n) is 1.85. The number of nitrogens with one attached hydrogen (secondary N) is 1. The van der Waals surface area contributed by atoms with Crippen LogP contribution in [0.3, 0.4) is 0 Å². The van der Waals surface area contributed by atoms with Gasteiger partial charge in [0.2, 0.25) is 0 Å². The Labute approximate surface area is 128 Å². The zero-order valence-corrected chi connectivity index (χ0v) is 14.0. The fraction of sp³-hybridized carbons (Fsp3) is 0.438. The van der Waals surface area contributed by atoms with Crippen LogP contribution in [-0.4, -0.2) is 17.1 Å². The first kappa shape index (κ1) is 15.3. The van der Waals surface area contributed by atoms with Gasteiger partial charge in [-0.05, 0) is 39.3 Å². The van der Waals surface area contributed by atoms with E-state index in [1.54, 1.807) is 6.20 Å². The highest BCUT2D eigenvalue weighted by molar-refractivity contribution is 9.10. The fourth-order valence-corrected chi connectivity index (χ4v) is 2.23. The van der Waals surface area contributed by atoms with Crippen molar-refractivity contribution in [2.75, 3.05) is 6.54 Å². The van der Waals surface area contributed by atoms with E-state index in [9.17, 15) is 0 Å². The summed E-state index contributed by atoms with van der Waals surface area (Å²) >= 11 is 3.54. The van der Waals surface area contributed by atoms with Crippen LogP contribution in [0.5, 0.6) is 0 Å². The van der Waals surface area contributed by atoms with Gasteiger partial charge in [-0.25, -0.2) is 4.98 Å². The van der Waals surface area contributed by atoms with Crippen molar-refractivity contribution in [3.63, 3.8) is 0 Å². The van der Waals surface area contributed by atoms with E-state index in [1.165, 1.54) is 5.56 Å². The van der Waals surface area contributed by atoms with E-state index in [4.69, 9.17) is 4.42 Å². The van der Waals surface area contributed by atoms with Crippen LogP contribution >= 0.6 is 15.9 Å². The van der Waals surface area contributed by atoms with Gasteiger partial charge in [-0.3, -0.25) is 0 Å². The molecule has 0 radical (unpaired) electrons. The zero-order valence-electron chi connectivity index (χ0n) is 12.5. The molecule has 0 aliphatic carbocycles. The molecule has 0 unspecified atom stereocenters. The number of hydrogen-bond acceptors (Lipinski definition) is 3. The molecule has 1 heterocycles. The maximum atomic E-state index is 5.81. The molecule has 3 nitrogen and oxygen atoms in total. The number of benzene rings is 1. The highest BCUT2D eigenvalue weighted by atomic mass is 79.9. The minimum Gasteiger partial charge on any atom is -0.441 e. The summed E-state index contributed by atoms with van der Waals surface area (Å²) in [4.78, 5) is 4.34. The van der Waals surface area contributed by atoms with Crippen molar-refractivity contribution in [1.29, 1.82) is 0 Å². The number of nitrogens with zero attached hydrogens (tertiary/aromatic N) is 1. The van der Waals surface area contributed by atoms with Gasteiger partial charge in [-0.15, -0.1) is 0 Å². The Bertz CT molecular complexity index is 584. The van der Waals surface area contributed by atoms with Gasteiger partial charge in [0, 0.05) is 28.5 Å². The Balaban J connectivity index is 2.03. The summed E-state index contributed by atoms with van der Waals surface area (Å²) in [6.07, 6.45) is 2.59. The van der Waals surface area contributed by atoms with Gasteiger partial charge < -0.3 is 9.73 Å². The smallest absolute Gasteiger partial charge is 0.196 e. The van der Waals surface area contributed by atoms with Crippen LogP contribution in [0.1, 0.15) is 32.2 Å². The predicted octanol–water partition coefficient (Wildman–Crippen LogP) is 4.34. The van der Waals surface area contributed by atoms with E-state index >= 15 is 0 Å². The van der Waals surface area contributed by atoms with Crippen LogP contribution in [0.2, 0.25) is 0 Å². The first-order chi connectivity index (χ1) is 9.35. The van der Waals surface area contributed by atoms with Gasteiger partial charge in [0.15, 0.2) is 11.7 Å². The van der Waals surface area contributed by atoms with Gasteiger partial charge >= 0.3 is 0 Å². The lowest BCUT2D eigenvalue weighted by Crippen LogP contribution is -2.37. The summed E-state index contributed by atoms with van der Waals surface area (Å²) in [5, 5.41) is 3.43. The van der Waals surface area contributed by atoms with Crippen LogP contribution in [0.15, 0.2) is 33.3 Å². The second-order valence-electron chi connectivity index (χ2n) is 6.01. The number of rotatable bonds is 4. The third-order valence-corrected chi connectivity index (χ3v) is 3.86. The standard InChI is InChI=1S/C16H21BrN2O/c1-11-5-6-12(9-13(11)17)14-10-18-15(20-14)7-8-19-16(2,3)4/h5-6,9-10,19H,7-8H2,1-4H3. The Morgan fingerprint density at radius 2 is 2.05 bits per heavy atom. The lowest BCUT2D eigenvalue weighted by Gasteiger charge is -2.19. The highest BCUT2D eigenvalue weighted by Crippen LogP contribution is 2.26. The molecule has 0 aliphatic heterocycles. The van der Waals surface area contributed by atoms with Crippen molar-refractivity contribution in [3.8, 4) is 11.3 Å². The molecule has 0 bridgehead atoms. The van der Waals surface area contributed by atoms with Crippen LogP contribution in [0.4, 0.5) is 0 Å². The molecular weight excluding hydrogens is 316 g/mol. The molecule has 0 spiro atoms. The monoisotopic (exact) mass is 336 g/mol. The van der Waals surface area contributed by atoms with E-state index in [-0.39, 0.29) is 5.54 Å². The quantitative estimate of drug-likeness (QED) is 0.902. The number of hydrogen-bond donors (Lipinski definition) is 1. The molecule has 4 heteroatoms. The average Bonchev–Trinajstić information content (AvgIpc) is 2.80.